The van der Waals surface area contributed by atoms with Crippen molar-refractivity contribution >= 4 is 5.78 Å². The van der Waals surface area contributed by atoms with Gasteiger partial charge in [0.15, 0.2) is 5.69 Å². The van der Waals surface area contributed by atoms with Gasteiger partial charge in [-0.1, -0.05) is 6.92 Å². The van der Waals surface area contributed by atoms with Crippen LogP contribution in [0.4, 0.5) is 0 Å². The number of rotatable bonds is 4. The van der Waals surface area contributed by atoms with Crippen molar-refractivity contribution in [3.8, 4) is 5.88 Å². The van der Waals surface area contributed by atoms with Crippen LogP contribution in [0.1, 0.15) is 28.7 Å². The van der Waals surface area contributed by atoms with E-state index in [4.69, 9.17) is 9.15 Å². The molecule has 0 aliphatic heterocycles. The van der Waals surface area contributed by atoms with E-state index in [0.717, 1.165) is 0 Å². The monoisotopic (exact) mass is 232 g/mol. The minimum absolute atomic E-state index is 0.200. The van der Waals surface area contributed by atoms with E-state index in [9.17, 15) is 4.79 Å². The lowest BCUT2D eigenvalue weighted by molar-refractivity contribution is 0.102. The van der Waals surface area contributed by atoms with E-state index in [1.54, 1.807) is 6.07 Å². The van der Waals surface area contributed by atoms with Gasteiger partial charge < -0.3 is 9.15 Å². The standard InChI is InChI=1S/C12H12N2O3/c1-3-9-8(4-7-17-9)11(15)10-12(16-2)14-6-5-13-10/h4-7H,3H2,1-2H3. The first-order chi connectivity index (χ1) is 8.27. The molecule has 0 aliphatic rings. The molecule has 2 heterocycles. The molecule has 5 nitrogen and oxygen atoms in total. The first-order valence-corrected chi connectivity index (χ1v) is 5.24. The van der Waals surface area contributed by atoms with E-state index in [1.165, 1.54) is 25.8 Å². The van der Waals surface area contributed by atoms with Gasteiger partial charge >= 0.3 is 0 Å². The second kappa shape index (κ2) is 4.78. The minimum Gasteiger partial charge on any atom is -0.479 e. The normalized spacial score (nSPS) is 10.2. The molecule has 88 valence electrons. The third-order valence-corrected chi connectivity index (χ3v) is 2.38. The van der Waals surface area contributed by atoms with Crippen LogP contribution < -0.4 is 4.74 Å². The lowest BCUT2D eigenvalue weighted by Gasteiger charge is -2.04. The van der Waals surface area contributed by atoms with Gasteiger partial charge in [-0.15, -0.1) is 0 Å². The van der Waals surface area contributed by atoms with Gasteiger partial charge in [0.05, 0.1) is 18.9 Å². The summed E-state index contributed by atoms with van der Waals surface area (Å²) in [6.07, 6.45) is 5.08. The van der Waals surface area contributed by atoms with Crippen LogP contribution in [0.25, 0.3) is 0 Å². The van der Waals surface area contributed by atoms with Crippen molar-refractivity contribution in [3.63, 3.8) is 0 Å². The quantitative estimate of drug-likeness (QED) is 0.753. The summed E-state index contributed by atoms with van der Waals surface area (Å²) in [4.78, 5) is 20.2. The zero-order chi connectivity index (χ0) is 12.3. The Balaban J connectivity index is 2.44. The van der Waals surface area contributed by atoms with E-state index >= 15 is 0 Å². The second-order valence-corrected chi connectivity index (χ2v) is 3.35. The molecule has 0 atom stereocenters. The molecule has 2 aromatic rings. The molecule has 0 amide bonds. The molecular weight excluding hydrogens is 220 g/mol. The SMILES string of the molecule is CCc1occc1C(=O)c1nccnc1OC. The Labute approximate surface area is 98.5 Å². The van der Waals surface area contributed by atoms with E-state index in [0.29, 0.717) is 17.7 Å². The summed E-state index contributed by atoms with van der Waals surface area (Å²) in [5, 5.41) is 0. The van der Waals surface area contributed by atoms with Gasteiger partial charge in [-0.3, -0.25) is 4.79 Å². The number of aryl methyl sites for hydroxylation is 1. The van der Waals surface area contributed by atoms with Gasteiger partial charge in [-0.2, -0.15) is 0 Å². The number of ketones is 1. The van der Waals surface area contributed by atoms with Crippen molar-refractivity contribution in [2.75, 3.05) is 7.11 Å². The van der Waals surface area contributed by atoms with Gasteiger partial charge in [0.2, 0.25) is 11.7 Å². The Morgan fingerprint density at radius 1 is 1.41 bits per heavy atom. The zero-order valence-electron chi connectivity index (χ0n) is 9.64. The third kappa shape index (κ3) is 2.04. The number of carbonyl (C=O) groups is 1. The molecule has 5 heteroatoms. The Bertz CT molecular complexity index is 534. The highest BCUT2D eigenvalue weighted by Gasteiger charge is 2.20. The predicted molar refractivity (Wildman–Crippen MR) is 60.1 cm³/mol. The fourth-order valence-electron chi connectivity index (χ4n) is 1.57. The highest BCUT2D eigenvalue weighted by molar-refractivity contribution is 6.09. The smallest absolute Gasteiger partial charge is 0.243 e. The molecule has 0 radical (unpaired) electrons. The number of methoxy groups -OCH3 is 1. The summed E-state index contributed by atoms with van der Waals surface area (Å²) in [6, 6.07) is 1.63. The molecule has 2 rings (SSSR count). The lowest BCUT2D eigenvalue weighted by Crippen LogP contribution is -2.08. The molecule has 0 fully saturated rings. The van der Waals surface area contributed by atoms with E-state index in [-0.39, 0.29) is 17.4 Å². The van der Waals surface area contributed by atoms with E-state index in [1.807, 2.05) is 6.92 Å². The molecule has 0 saturated heterocycles. The first-order valence-electron chi connectivity index (χ1n) is 5.24. The fourth-order valence-corrected chi connectivity index (χ4v) is 1.57. The highest BCUT2D eigenvalue weighted by atomic mass is 16.5. The molecule has 0 aromatic carbocycles. The maximum atomic E-state index is 12.2. The fraction of sp³-hybridized carbons (Fsp3) is 0.250. The van der Waals surface area contributed by atoms with Crippen molar-refractivity contribution < 1.29 is 13.9 Å². The number of aromatic nitrogens is 2. The number of hydrogen-bond donors (Lipinski definition) is 0. The van der Waals surface area contributed by atoms with Crippen LogP contribution >= 0.6 is 0 Å². The topological polar surface area (TPSA) is 65.2 Å². The van der Waals surface area contributed by atoms with Crippen molar-refractivity contribution in [1.82, 2.24) is 9.97 Å². The Hall–Kier alpha value is -2.17. The van der Waals surface area contributed by atoms with Gasteiger partial charge in [-0.25, -0.2) is 9.97 Å². The Morgan fingerprint density at radius 3 is 2.88 bits per heavy atom. The lowest BCUT2D eigenvalue weighted by atomic mass is 10.1. The largest absolute Gasteiger partial charge is 0.479 e. The van der Waals surface area contributed by atoms with Gasteiger partial charge in [0, 0.05) is 18.8 Å². The molecule has 0 unspecified atom stereocenters. The summed E-state index contributed by atoms with van der Waals surface area (Å²) < 4.78 is 10.2. The third-order valence-electron chi connectivity index (χ3n) is 2.38. The van der Waals surface area contributed by atoms with Crippen LogP contribution in [0.2, 0.25) is 0 Å². The van der Waals surface area contributed by atoms with Crippen LogP contribution in [-0.4, -0.2) is 22.9 Å². The number of nitrogens with zero attached hydrogens (tertiary/aromatic N) is 2. The van der Waals surface area contributed by atoms with Crippen molar-refractivity contribution in [2.45, 2.75) is 13.3 Å². The first kappa shape index (κ1) is 11.3. The molecule has 0 saturated carbocycles. The zero-order valence-corrected chi connectivity index (χ0v) is 9.64. The summed E-state index contributed by atoms with van der Waals surface area (Å²) in [7, 11) is 1.46. The van der Waals surface area contributed by atoms with Crippen LogP contribution in [0.5, 0.6) is 5.88 Å². The van der Waals surface area contributed by atoms with E-state index < -0.39 is 0 Å². The van der Waals surface area contributed by atoms with Gasteiger partial charge in [0.25, 0.3) is 0 Å². The summed E-state index contributed by atoms with van der Waals surface area (Å²) in [5.41, 5.74) is 0.706. The Morgan fingerprint density at radius 2 is 2.18 bits per heavy atom. The van der Waals surface area contributed by atoms with Crippen molar-refractivity contribution in [3.05, 3.63) is 41.7 Å². The van der Waals surface area contributed by atoms with Gasteiger partial charge in [-0.05, 0) is 6.07 Å². The molecule has 2 aromatic heterocycles. The van der Waals surface area contributed by atoms with Crippen LogP contribution in [0.15, 0.2) is 29.1 Å². The molecule has 0 N–H and O–H groups in total. The maximum Gasteiger partial charge on any atom is 0.243 e. The van der Waals surface area contributed by atoms with Crippen LogP contribution in [0.3, 0.4) is 0 Å². The molecule has 17 heavy (non-hydrogen) atoms. The van der Waals surface area contributed by atoms with E-state index in [2.05, 4.69) is 9.97 Å². The summed E-state index contributed by atoms with van der Waals surface area (Å²) in [6.45, 7) is 1.92. The summed E-state index contributed by atoms with van der Waals surface area (Å²) in [5.74, 6) is 0.629. The number of ether oxygens (including phenoxy) is 1. The van der Waals surface area contributed by atoms with Crippen LogP contribution in [0, 0.1) is 0 Å². The van der Waals surface area contributed by atoms with Crippen molar-refractivity contribution in [2.24, 2.45) is 0 Å². The Kier molecular flexibility index (Phi) is 3.18. The predicted octanol–water partition coefficient (Wildman–Crippen LogP) is 1.87. The van der Waals surface area contributed by atoms with Gasteiger partial charge in [0.1, 0.15) is 5.76 Å². The second-order valence-electron chi connectivity index (χ2n) is 3.35. The highest BCUT2D eigenvalue weighted by Crippen LogP contribution is 2.19. The molecule has 0 spiro atoms. The molecule has 0 aliphatic carbocycles. The summed E-state index contributed by atoms with van der Waals surface area (Å²) >= 11 is 0. The number of carbonyl (C=O) groups excluding carboxylic acids is 1. The average Bonchev–Trinajstić information content (AvgIpc) is 2.86. The maximum absolute atomic E-state index is 12.2. The van der Waals surface area contributed by atoms with Crippen LogP contribution in [-0.2, 0) is 6.42 Å². The molecule has 0 bridgehead atoms. The number of furan rings is 1. The van der Waals surface area contributed by atoms with Crippen molar-refractivity contribution in [1.29, 1.82) is 0 Å². The minimum atomic E-state index is -0.236. The average molecular weight is 232 g/mol. The molecular formula is C12H12N2O3. The number of hydrogen-bond acceptors (Lipinski definition) is 5.